The van der Waals surface area contributed by atoms with Crippen LogP contribution in [0.25, 0.3) is 0 Å². The minimum absolute atomic E-state index is 0. The maximum atomic E-state index is 9.91. The van der Waals surface area contributed by atoms with E-state index in [0.29, 0.717) is 0 Å². The van der Waals surface area contributed by atoms with Gasteiger partial charge in [0.2, 0.25) is 0 Å². The first-order valence-corrected chi connectivity index (χ1v) is 17.3. The van der Waals surface area contributed by atoms with Gasteiger partial charge in [-0.05, 0) is 0 Å². The van der Waals surface area contributed by atoms with Crippen LogP contribution in [-0.2, 0) is 38.4 Å². The molecule has 4 N–H and O–H groups in total. The van der Waals surface area contributed by atoms with Crippen molar-refractivity contribution < 1.29 is 118 Å². The summed E-state index contributed by atoms with van der Waals surface area (Å²) in [6.45, 7) is 38.4. The number of hydrogen-bond acceptors (Lipinski definition) is 16. The van der Waals surface area contributed by atoms with Crippen LogP contribution in [0.5, 0.6) is 0 Å². The number of hydrogen-bond donors (Lipinski definition) is 1. The average Bonchev–Trinajstić information content (AvgIpc) is 2.86. The van der Waals surface area contributed by atoms with Crippen molar-refractivity contribution in [1.82, 2.24) is 6.15 Å². The molecule has 18 heteroatoms. The number of quaternary nitrogens is 1. The molecule has 0 aromatic rings. The molecular formula is C40H76NO16Tb-4. The van der Waals surface area contributed by atoms with Crippen LogP contribution in [0.4, 0.5) is 0 Å². The van der Waals surface area contributed by atoms with Crippen LogP contribution in [-0.4, -0.2) is 47.8 Å². The first-order chi connectivity index (χ1) is 23.5. The Morgan fingerprint density at radius 2 is 0.224 bits per heavy atom. The Morgan fingerprint density at radius 1 is 0.207 bits per heavy atom. The summed E-state index contributed by atoms with van der Waals surface area (Å²) in [5.41, 5.74) is -5.56. The second kappa shape index (κ2) is 31.9. The van der Waals surface area contributed by atoms with Gasteiger partial charge in [-0.25, -0.2) is 0 Å². The molecule has 0 aliphatic rings. The van der Waals surface area contributed by atoms with Crippen LogP contribution in [0.15, 0.2) is 0 Å². The summed E-state index contributed by atoms with van der Waals surface area (Å²) in [6.07, 6.45) is 0. The summed E-state index contributed by atoms with van der Waals surface area (Å²) >= 11 is 0. The molecular weight excluding hydrogens is 909 g/mol. The van der Waals surface area contributed by atoms with E-state index in [2.05, 4.69) is 0 Å². The van der Waals surface area contributed by atoms with E-state index in [-0.39, 0.29) is 44.8 Å². The molecule has 0 atom stereocenters. The average molecular weight is 986 g/mol. The Morgan fingerprint density at radius 3 is 0.224 bits per heavy atom. The van der Waals surface area contributed by atoms with E-state index >= 15 is 0 Å². The van der Waals surface area contributed by atoms with Crippen molar-refractivity contribution in [2.75, 3.05) is 0 Å². The number of rotatable bonds is 0. The quantitative estimate of drug-likeness (QED) is 0.293. The zero-order valence-corrected chi connectivity index (χ0v) is 42.0. The van der Waals surface area contributed by atoms with Crippen molar-refractivity contribution in [3.63, 3.8) is 0 Å². The van der Waals surface area contributed by atoms with Crippen molar-refractivity contribution >= 4 is 47.8 Å². The number of carboxylic acids is 8. The van der Waals surface area contributed by atoms with Crippen molar-refractivity contribution in [1.29, 1.82) is 0 Å². The molecule has 0 bridgehead atoms. The van der Waals surface area contributed by atoms with Gasteiger partial charge in [-0.1, -0.05) is 166 Å². The number of carbonyl (C=O) groups excluding carboxylic acids is 8. The Kier molecular flexibility index (Phi) is 43.5. The van der Waals surface area contributed by atoms with Crippen molar-refractivity contribution in [2.24, 2.45) is 43.3 Å². The first kappa shape index (κ1) is 79.2. The second-order valence-corrected chi connectivity index (χ2v) is 20.3. The fourth-order valence-electron chi connectivity index (χ4n) is 0. The molecule has 0 saturated heterocycles. The minimum Gasteiger partial charge on any atom is -0.550 e. The Hall–Kier alpha value is -2.99. The summed E-state index contributed by atoms with van der Waals surface area (Å²) in [5.74, 6) is -8.06. The van der Waals surface area contributed by atoms with Crippen LogP contribution in [0.3, 0.4) is 0 Å². The van der Waals surface area contributed by atoms with Crippen molar-refractivity contribution in [3.05, 3.63) is 0 Å². The van der Waals surface area contributed by atoms with E-state index in [1.807, 2.05) is 0 Å². The zero-order chi connectivity index (χ0) is 48.6. The van der Waals surface area contributed by atoms with Gasteiger partial charge in [0.25, 0.3) is 0 Å². The molecule has 0 spiro atoms. The molecule has 58 heavy (non-hydrogen) atoms. The molecule has 17 nitrogen and oxygen atoms in total. The Bertz CT molecular complexity index is 931. The molecule has 350 valence electrons. The van der Waals surface area contributed by atoms with Crippen LogP contribution >= 0.6 is 0 Å². The van der Waals surface area contributed by atoms with Crippen LogP contribution in [0.1, 0.15) is 166 Å². The summed E-state index contributed by atoms with van der Waals surface area (Å²) in [7, 11) is 0. The molecule has 0 heterocycles. The van der Waals surface area contributed by atoms with Gasteiger partial charge < -0.3 is 85.4 Å². The topological polar surface area (TPSA) is 358 Å². The molecule has 0 aromatic carbocycles. The summed E-state index contributed by atoms with van der Waals surface area (Å²) < 4.78 is 0. The molecule has 0 aromatic heterocycles. The number of aliphatic carboxylic acids is 8. The second-order valence-electron chi connectivity index (χ2n) is 20.3. The molecule has 0 unspecified atom stereocenters. The molecule has 0 aliphatic heterocycles. The fraction of sp³-hybridized carbons (Fsp3) is 0.800. The van der Waals surface area contributed by atoms with Crippen molar-refractivity contribution in [3.8, 4) is 0 Å². The van der Waals surface area contributed by atoms with E-state index in [1.165, 1.54) is 0 Å². The van der Waals surface area contributed by atoms with Gasteiger partial charge in [-0.3, -0.25) is 0 Å². The number of carbonyl (C=O) groups is 8. The SMILES string of the molecule is CC(C)(C)C(=O)[O-].CC(C)(C)C(=O)[O-].CC(C)(C)C(=O)[O-].CC(C)(C)C(=O)[O-].CC(C)(C)C(=O)[O-].CC(C)(C)C(=O)[O-].CC(C)(C)C(=O)[O-].CC(C)(C)C(=O)[O-].[NH4+].[Tb+3]. The fourth-order valence-corrected chi connectivity index (χ4v) is 0. The van der Waals surface area contributed by atoms with E-state index in [1.54, 1.807) is 166 Å². The normalized spacial score (nSPS) is 10.9. The molecule has 0 amide bonds. The van der Waals surface area contributed by atoms with Crippen LogP contribution in [0.2, 0.25) is 0 Å². The van der Waals surface area contributed by atoms with E-state index < -0.39 is 91.1 Å². The van der Waals surface area contributed by atoms with Crippen LogP contribution < -0.4 is 47.0 Å². The third kappa shape index (κ3) is 70.8. The predicted octanol–water partition coefficient (Wildman–Crippen LogP) is -1.36. The summed E-state index contributed by atoms with van der Waals surface area (Å²) in [6, 6.07) is 0. The minimum atomic E-state index is -1.01. The first-order valence-electron chi connectivity index (χ1n) is 17.3. The van der Waals surface area contributed by atoms with Crippen molar-refractivity contribution in [2.45, 2.75) is 166 Å². The van der Waals surface area contributed by atoms with E-state index in [9.17, 15) is 79.2 Å². The third-order valence-electron chi connectivity index (χ3n) is 4.90. The molecule has 0 rings (SSSR count). The maximum absolute atomic E-state index is 9.91. The monoisotopic (exact) mass is 985 g/mol. The predicted molar refractivity (Wildman–Crippen MR) is 202 cm³/mol. The molecule has 0 fully saturated rings. The molecule has 0 saturated carbocycles. The smallest absolute Gasteiger partial charge is 0.550 e. The van der Waals surface area contributed by atoms with Gasteiger partial charge in [0.15, 0.2) is 0 Å². The van der Waals surface area contributed by atoms with E-state index in [0.717, 1.165) is 0 Å². The van der Waals surface area contributed by atoms with Gasteiger partial charge in [0, 0.05) is 91.1 Å². The zero-order valence-electron chi connectivity index (χ0n) is 39.9. The van der Waals surface area contributed by atoms with Gasteiger partial charge in [-0.2, -0.15) is 0 Å². The largest absolute Gasteiger partial charge is 3.00 e. The summed E-state index contributed by atoms with van der Waals surface area (Å²) in [5, 5.41) is 79.3. The third-order valence-corrected chi connectivity index (χ3v) is 4.90. The van der Waals surface area contributed by atoms with Crippen LogP contribution in [0, 0.1) is 81.9 Å². The Balaban J connectivity index is -0.0000000565. The van der Waals surface area contributed by atoms with Gasteiger partial charge in [0.05, 0.1) is 0 Å². The molecule has 0 radical (unpaired) electrons. The number of carboxylic acid groups (broad SMARTS) is 8. The maximum Gasteiger partial charge on any atom is 3.00 e. The van der Waals surface area contributed by atoms with Gasteiger partial charge >= 0.3 is 38.6 Å². The molecule has 0 aliphatic carbocycles. The van der Waals surface area contributed by atoms with Gasteiger partial charge in [0.1, 0.15) is 0 Å². The van der Waals surface area contributed by atoms with Gasteiger partial charge in [-0.15, -0.1) is 0 Å². The standard InChI is InChI=1S/8C5H10O2.H3N.Tb/c8*1-5(2,3)4(6)7;;/h8*1-3H3,(H,6,7);1H3;/q;;;;;;;;;+3/p-7. The van der Waals surface area contributed by atoms with E-state index in [4.69, 9.17) is 0 Å². The Labute approximate surface area is 379 Å². The summed E-state index contributed by atoms with van der Waals surface area (Å²) in [4.78, 5) is 79.3.